The van der Waals surface area contributed by atoms with Gasteiger partial charge in [-0.15, -0.1) is 0 Å². The van der Waals surface area contributed by atoms with Gasteiger partial charge in [0.15, 0.2) is 0 Å². The maximum absolute atomic E-state index is 12.6. The Labute approximate surface area is 137 Å². The molecule has 0 unspecified atom stereocenters. The second-order valence-corrected chi connectivity index (χ2v) is 6.50. The number of anilines is 1. The van der Waals surface area contributed by atoms with Crippen LogP contribution < -0.4 is 4.90 Å². The summed E-state index contributed by atoms with van der Waals surface area (Å²) in [5.74, 6) is 0.734. The van der Waals surface area contributed by atoms with Crippen LogP contribution in [0.4, 0.5) is 5.69 Å². The number of rotatable bonds is 3. The molecule has 3 rings (SSSR count). The Morgan fingerprint density at radius 2 is 1.87 bits per heavy atom. The lowest BCUT2D eigenvalue weighted by atomic mass is 9.99. The van der Waals surface area contributed by atoms with Crippen molar-refractivity contribution in [1.29, 1.82) is 0 Å². The van der Waals surface area contributed by atoms with Gasteiger partial charge in [-0.2, -0.15) is 0 Å². The lowest BCUT2D eigenvalue weighted by molar-refractivity contribution is -0.118. The number of pyridine rings is 1. The van der Waals surface area contributed by atoms with Crippen molar-refractivity contribution in [3.05, 3.63) is 24.0 Å². The molecule has 1 aromatic heterocycles. The highest BCUT2D eigenvalue weighted by atomic mass is 16.2. The number of aromatic nitrogens is 1. The number of hydrogen-bond acceptors (Lipinski definition) is 4. The molecule has 0 aromatic carbocycles. The summed E-state index contributed by atoms with van der Waals surface area (Å²) in [6.07, 6.45) is 4.75. The number of carbonyl (C=O) groups excluding carboxylic acids is 2. The lowest BCUT2D eigenvalue weighted by Gasteiger charge is -2.34. The molecule has 0 aliphatic carbocycles. The minimum atomic E-state index is 0.0327. The number of hydrogen-bond donors (Lipinski definition) is 0. The first kappa shape index (κ1) is 15.8. The van der Waals surface area contributed by atoms with Gasteiger partial charge in [-0.25, -0.2) is 0 Å². The maximum atomic E-state index is 12.6. The Morgan fingerprint density at radius 1 is 1.17 bits per heavy atom. The average molecular weight is 316 g/mol. The van der Waals surface area contributed by atoms with E-state index in [1.54, 1.807) is 11.1 Å². The first-order chi connectivity index (χ1) is 11.2. The van der Waals surface area contributed by atoms with Crippen LogP contribution in [0, 0.1) is 5.92 Å². The molecule has 2 aliphatic rings. The molecule has 2 fully saturated rings. The van der Waals surface area contributed by atoms with Crippen LogP contribution in [-0.4, -0.2) is 66.4 Å². The fourth-order valence-corrected chi connectivity index (χ4v) is 3.19. The molecule has 2 amide bonds. The number of carbonyl (C=O) groups is 2. The molecule has 0 N–H and O–H groups in total. The van der Waals surface area contributed by atoms with E-state index in [1.165, 1.54) is 0 Å². The van der Waals surface area contributed by atoms with Gasteiger partial charge in [-0.05, 0) is 30.9 Å². The van der Waals surface area contributed by atoms with Gasteiger partial charge in [0.25, 0.3) is 5.91 Å². The third-order valence-electron chi connectivity index (χ3n) is 4.86. The van der Waals surface area contributed by atoms with Gasteiger partial charge < -0.3 is 14.7 Å². The molecule has 6 nitrogen and oxygen atoms in total. The van der Waals surface area contributed by atoms with Crippen molar-refractivity contribution in [2.45, 2.75) is 19.8 Å². The Bertz CT molecular complexity index is 561. The van der Waals surface area contributed by atoms with Crippen LogP contribution in [-0.2, 0) is 4.79 Å². The van der Waals surface area contributed by atoms with Crippen LogP contribution >= 0.6 is 0 Å². The molecule has 0 spiro atoms. The standard InChI is InChI=1S/C17H24N4O2/c1-14-3-6-21(7-4-14)17(23)16-12-15(2-5-18-16)20-10-8-19(13-22)9-11-20/h2,5,12-14H,3-4,6-11H2,1H3. The first-order valence-electron chi connectivity index (χ1n) is 8.37. The van der Waals surface area contributed by atoms with E-state index in [0.717, 1.165) is 64.2 Å². The number of likely N-dealkylation sites (tertiary alicyclic amines) is 1. The molecular weight excluding hydrogens is 292 g/mol. The third-order valence-corrected chi connectivity index (χ3v) is 4.86. The predicted molar refractivity (Wildman–Crippen MR) is 88.4 cm³/mol. The van der Waals surface area contributed by atoms with Crippen LogP contribution in [0.5, 0.6) is 0 Å². The molecule has 0 atom stereocenters. The maximum Gasteiger partial charge on any atom is 0.272 e. The van der Waals surface area contributed by atoms with Gasteiger partial charge in [0.1, 0.15) is 5.69 Å². The molecule has 2 aliphatic heterocycles. The topological polar surface area (TPSA) is 56.8 Å². The first-order valence-corrected chi connectivity index (χ1v) is 8.37. The van der Waals surface area contributed by atoms with Crippen LogP contribution in [0.1, 0.15) is 30.3 Å². The second kappa shape index (κ2) is 6.98. The van der Waals surface area contributed by atoms with E-state index in [0.29, 0.717) is 11.6 Å². The fourth-order valence-electron chi connectivity index (χ4n) is 3.19. The van der Waals surface area contributed by atoms with Crippen molar-refractivity contribution in [2.24, 2.45) is 5.92 Å². The molecule has 6 heteroatoms. The molecule has 0 radical (unpaired) electrons. The van der Waals surface area contributed by atoms with E-state index >= 15 is 0 Å². The van der Waals surface area contributed by atoms with Crippen molar-refractivity contribution in [3.8, 4) is 0 Å². The SMILES string of the molecule is CC1CCN(C(=O)c2cc(N3CCN(C=O)CC3)ccn2)CC1. The molecule has 0 saturated carbocycles. The molecule has 0 bridgehead atoms. The molecule has 23 heavy (non-hydrogen) atoms. The van der Waals surface area contributed by atoms with Gasteiger partial charge in [0, 0.05) is 51.2 Å². The van der Waals surface area contributed by atoms with E-state index in [2.05, 4.69) is 16.8 Å². The largest absolute Gasteiger partial charge is 0.368 e. The zero-order chi connectivity index (χ0) is 16.2. The van der Waals surface area contributed by atoms with Crippen LogP contribution in [0.3, 0.4) is 0 Å². The average Bonchev–Trinajstić information content (AvgIpc) is 2.62. The van der Waals surface area contributed by atoms with Crippen molar-refractivity contribution in [3.63, 3.8) is 0 Å². The predicted octanol–water partition coefficient (Wildman–Crippen LogP) is 1.23. The summed E-state index contributed by atoms with van der Waals surface area (Å²) in [5.41, 5.74) is 1.54. The van der Waals surface area contributed by atoms with Gasteiger partial charge in [0.05, 0.1) is 0 Å². The van der Waals surface area contributed by atoms with E-state index in [1.807, 2.05) is 17.0 Å². The van der Waals surface area contributed by atoms with E-state index in [9.17, 15) is 9.59 Å². The Balaban J connectivity index is 1.67. The zero-order valence-electron chi connectivity index (χ0n) is 13.6. The summed E-state index contributed by atoms with van der Waals surface area (Å²) in [4.78, 5) is 33.6. The third kappa shape index (κ3) is 3.63. The lowest BCUT2D eigenvalue weighted by Crippen LogP contribution is -2.45. The van der Waals surface area contributed by atoms with E-state index < -0.39 is 0 Å². The Hall–Kier alpha value is -2.11. The van der Waals surface area contributed by atoms with Crippen molar-refractivity contribution in [1.82, 2.24) is 14.8 Å². The van der Waals surface area contributed by atoms with Crippen molar-refractivity contribution >= 4 is 18.0 Å². The van der Waals surface area contributed by atoms with E-state index in [-0.39, 0.29) is 5.91 Å². The molecule has 2 saturated heterocycles. The highest BCUT2D eigenvalue weighted by Gasteiger charge is 2.23. The number of nitrogens with zero attached hydrogens (tertiary/aromatic N) is 4. The Kier molecular flexibility index (Phi) is 4.79. The minimum absolute atomic E-state index is 0.0327. The minimum Gasteiger partial charge on any atom is -0.368 e. The van der Waals surface area contributed by atoms with Gasteiger partial charge in [-0.1, -0.05) is 6.92 Å². The summed E-state index contributed by atoms with van der Waals surface area (Å²) >= 11 is 0. The monoisotopic (exact) mass is 316 g/mol. The quantitative estimate of drug-likeness (QED) is 0.787. The number of piperazine rings is 1. The summed E-state index contributed by atoms with van der Waals surface area (Å²) in [5, 5.41) is 0. The molecule has 1 aromatic rings. The molecule has 124 valence electrons. The van der Waals surface area contributed by atoms with Gasteiger partial charge in [0.2, 0.25) is 6.41 Å². The van der Waals surface area contributed by atoms with Crippen molar-refractivity contribution in [2.75, 3.05) is 44.2 Å². The zero-order valence-corrected chi connectivity index (χ0v) is 13.6. The Morgan fingerprint density at radius 3 is 2.52 bits per heavy atom. The highest BCUT2D eigenvalue weighted by molar-refractivity contribution is 5.93. The smallest absolute Gasteiger partial charge is 0.272 e. The van der Waals surface area contributed by atoms with Crippen molar-refractivity contribution < 1.29 is 9.59 Å². The fraction of sp³-hybridized carbons (Fsp3) is 0.588. The van der Waals surface area contributed by atoms with Crippen LogP contribution in [0.2, 0.25) is 0 Å². The number of amides is 2. The number of piperidine rings is 1. The van der Waals surface area contributed by atoms with Crippen LogP contribution in [0.25, 0.3) is 0 Å². The van der Waals surface area contributed by atoms with Gasteiger partial charge in [-0.3, -0.25) is 14.6 Å². The summed E-state index contributed by atoms with van der Waals surface area (Å²) in [6, 6.07) is 3.82. The summed E-state index contributed by atoms with van der Waals surface area (Å²) in [7, 11) is 0. The molecule has 3 heterocycles. The van der Waals surface area contributed by atoms with E-state index in [4.69, 9.17) is 0 Å². The summed E-state index contributed by atoms with van der Waals surface area (Å²) in [6.45, 7) is 6.90. The van der Waals surface area contributed by atoms with Crippen LogP contribution in [0.15, 0.2) is 18.3 Å². The van der Waals surface area contributed by atoms with Gasteiger partial charge >= 0.3 is 0 Å². The normalized spacial score (nSPS) is 19.8. The summed E-state index contributed by atoms with van der Waals surface area (Å²) < 4.78 is 0. The highest BCUT2D eigenvalue weighted by Crippen LogP contribution is 2.20. The molecular formula is C17H24N4O2. The second-order valence-electron chi connectivity index (χ2n) is 6.50.